The average molecular weight is 902 g/mol. The smallest absolute Gasteiger partial charge is 0.249 e. The van der Waals surface area contributed by atoms with Gasteiger partial charge in [-0.1, -0.05) is 245 Å². The first-order valence-electron chi connectivity index (χ1n) is 26.9. The van der Waals surface area contributed by atoms with Gasteiger partial charge in [0, 0.05) is 0 Å². The van der Waals surface area contributed by atoms with Crippen LogP contribution < -0.4 is 5.32 Å². The van der Waals surface area contributed by atoms with Gasteiger partial charge in [0.25, 0.3) is 0 Å². The molecule has 0 saturated carbocycles. The summed E-state index contributed by atoms with van der Waals surface area (Å²) in [5.74, 6) is -0.691. The number of hydrogen-bond donors (Lipinski definition) is 8. The highest BCUT2D eigenvalue weighted by Gasteiger charge is 2.44. The minimum absolute atomic E-state index is 0.267. The number of ether oxygens (including phenoxy) is 2. The van der Waals surface area contributed by atoms with E-state index >= 15 is 0 Å². The Bertz CT molecular complexity index is 991. The Labute approximate surface area is 386 Å². The zero-order chi connectivity index (χ0) is 46.2. The standard InChI is InChI=1S/C52H103NO10/c1-3-5-7-9-11-13-15-17-19-20-21-22-23-24-25-26-28-30-32-34-36-38-40-45(56)51(61)53-43(42-62-52-50(60)49(59)48(58)46(41-54)63-52)47(57)44(55)39-37-35-33-31-29-27-18-16-14-12-10-8-6-4-2/h43-50,52,54-60H,3-42H2,1-2H3,(H,53,61)/t43-,44+,45+,46+,47-,48-,49-,50+,52+/m0/s1. The second-order valence-electron chi connectivity index (χ2n) is 19.3. The Hall–Kier alpha value is -0.890. The van der Waals surface area contributed by atoms with Gasteiger partial charge in [-0.25, -0.2) is 0 Å². The van der Waals surface area contributed by atoms with Crippen LogP contribution in [0, 0.1) is 0 Å². The van der Waals surface area contributed by atoms with E-state index in [9.17, 15) is 40.5 Å². The van der Waals surface area contributed by atoms with Gasteiger partial charge in [-0.05, 0) is 12.8 Å². The molecule has 0 aromatic rings. The summed E-state index contributed by atoms with van der Waals surface area (Å²) in [6.07, 6.45) is 34.4. The second-order valence-corrected chi connectivity index (χ2v) is 19.3. The molecule has 0 radical (unpaired) electrons. The largest absolute Gasteiger partial charge is 0.394 e. The summed E-state index contributed by atoms with van der Waals surface area (Å²) in [5.41, 5.74) is 0. The van der Waals surface area contributed by atoms with Crippen molar-refractivity contribution >= 4 is 5.91 Å². The first-order chi connectivity index (χ1) is 30.7. The topological polar surface area (TPSA) is 189 Å². The summed E-state index contributed by atoms with van der Waals surface area (Å²) in [7, 11) is 0. The number of amides is 1. The Morgan fingerprint density at radius 2 is 0.825 bits per heavy atom. The Balaban J connectivity index is 2.32. The molecule has 1 fully saturated rings. The third kappa shape index (κ3) is 31.7. The van der Waals surface area contributed by atoms with Crippen molar-refractivity contribution in [2.45, 2.75) is 313 Å². The van der Waals surface area contributed by atoms with Crippen LogP contribution in [0.2, 0.25) is 0 Å². The van der Waals surface area contributed by atoms with Gasteiger partial charge in [-0.15, -0.1) is 0 Å². The van der Waals surface area contributed by atoms with Crippen LogP contribution in [0.15, 0.2) is 0 Å². The number of hydrogen-bond acceptors (Lipinski definition) is 10. The lowest BCUT2D eigenvalue weighted by Crippen LogP contribution is -2.60. The minimum Gasteiger partial charge on any atom is -0.394 e. The molecule has 0 spiro atoms. The molecule has 63 heavy (non-hydrogen) atoms. The highest BCUT2D eigenvalue weighted by molar-refractivity contribution is 5.80. The summed E-state index contributed by atoms with van der Waals surface area (Å²) in [4.78, 5) is 13.1. The van der Waals surface area contributed by atoms with Crippen LogP contribution in [0.4, 0.5) is 0 Å². The van der Waals surface area contributed by atoms with Crippen molar-refractivity contribution in [1.29, 1.82) is 0 Å². The molecule has 1 aliphatic rings. The maximum atomic E-state index is 13.1. The fourth-order valence-corrected chi connectivity index (χ4v) is 8.97. The SMILES string of the molecule is CCCCCCCCCCCCCCCCCCCCCCCC[C@@H](O)C(=O)N[C@@H](CO[C@@H]1O[C@H](CO)[C@H](O)[C@H](O)[C@H]1O)[C@H](O)[C@H](O)CCCCCCCCCCCCCCCC. The summed E-state index contributed by atoms with van der Waals surface area (Å²) >= 11 is 0. The van der Waals surface area contributed by atoms with Crippen molar-refractivity contribution in [2.24, 2.45) is 0 Å². The van der Waals surface area contributed by atoms with Crippen LogP contribution in [0.1, 0.15) is 258 Å². The minimum atomic E-state index is -1.66. The zero-order valence-corrected chi connectivity index (χ0v) is 40.8. The van der Waals surface area contributed by atoms with Gasteiger partial charge in [0.1, 0.15) is 36.6 Å². The molecule has 11 heteroatoms. The normalized spacial score (nSPS) is 21.1. The van der Waals surface area contributed by atoms with Gasteiger partial charge in [-0.3, -0.25) is 4.79 Å². The third-order valence-electron chi connectivity index (χ3n) is 13.4. The predicted octanol–water partition coefficient (Wildman–Crippen LogP) is 10.2. The van der Waals surface area contributed by atoms with E-state index in [-0.39, 0.29) is 6.42 Å². The van der Waals surface area contributed by atoms with E-state index < -0.39 is 74.2 Å². The van der Waals surface area contributed by atoms with Crippen LogP contribution in [0.25, 0.3) is 0 Å². The first kappa shape index (κ1) is 60.1. The van der Waals surface area contributed by atoms with Gasteiger partial charge in [0.15, 0.2) is 6.29 Å². The molecule has 0 unspecified atom stereocenters. The molecular formula is C52H103NO10. The van der Waals surface area contributed by atoms with Crippen molar-refractivity contribution in [3.05, 3.63) is 0 Å². The van der Waals surface area contributed by atoms with Gasteiger partial charge in [0.05, 0.1) is 25.4 Å². The molecule has 1 saturated heterocycles. The number of rotatable bonds is 46. The quantitative estimate of drug-likeness (QED) is 0.0273. The van der Waals surface area contributed by atoms with Crippen LogP contribution in [-0.4, -0.2) is 110 Å². The van der Waals surface area contributed by atoms with Gasteiger partial charge in [-0.2, -0.15) is 0 Å². The molecule has 1 rings (SSSR count). The fraction of sp³-hybridized carbons (Fsp3) is 0.981. The summed E-state index contributed by atoms with van der Waals surface area (Å²) in [6, 6.07) is -1.16. The van der Waals surface area contributed by atoms with Crippen LogP contribution in [0.3, 0.4) is 0 Å². The van der Waals surface area contributed by atoms with E-state index in [0.29, 0.717) is 19.3 Å². The Morgan fingerprint density at radius 1 is 0.492 bits per heavy atom. The number of aliphatic hydroxyl groups excluding tert-OH is 7. The molecule has 376 valence electrons. The molecule has 8 N–H and O–H groups in total. The molecule has 11 nitrogen and oxygen atoms in total. The van der Waals surface area contributed by atoms with Crippen molar-refractivity contribution in [3.8, 4) is 0 Å². The van der Waals surface area contributed by atoms with Crippen LogP contribution >= 0.6 is 0 Å². The predicted molar refractivity (Wildman–Crippen MR) is 256 cm³/mol. The summed E-state index contributed by atoms with van der Waals surface area (Å²) in [5, 5.41) is 75.9. The van der Waals surface area contributed by atoms with E-state index in [4.69, 9.17) is 9.47 Å². The van der Waals surface area contributed by atoms with Gasteiger partial charge < -0.3 is 50.5 Å². The van der Waals surface area contributed by atoms with E-state index in [1.807, 2.05) is 0 Å². The number of unbranched alkanes of at least 4 members (excludes halogenated alkanes) is 34. The first-order valence-corrected chi connectivity index (χ1v) is 26.9. The summed E-state index contributed by atoms with van der Waals surface area (Å²) < 4.78 is 11.1. The van der Waals surface area contributed by atoms with E-state index in [1.54, 1.807) is 0 Å². The lowest BCUT2D eigenvalue weighted by atomic mass is 9.98. The Kier molecular flexibility index (Phi) is 40.5. The molecule has 0 bridgehead atoms. The van der Waals surface area contributed by atoms with E-state index in [1.165, 1.54) is 180 Å². The number of aliphatic hydroxyl groups is 7. The van der Waals surface area contributed by atoms with Crippen LogP contribution in [-0.2, 0) is 14.3 Å². The molecular weight excluding hydrogens is 799 g/mol. The van der Waals surface area contributed by atoms with Gasteiger partial charge in [0.2, 0.25) is 5.91 Å². The van der Waals surface area contributed by atoms with E-state index in [2.05, 4.69) is 19.2 Å². The molecule has 1 amide bonds. The van der Waals surface area contributed by atoms with Crippen LogP contribution in [0.5, 0.6) is 0 Å². The molecule has 1 heterocycles. The lowest BCUT2D eigenvalue weighted by Gasteiger charge is -2.40. The molecule has 9 atom stereocenters. The zero-order valence-electron chi connectivity index (χ0n) is 40.8. The average Bonchev–Trinajstić information content (AvgIpc) is 3.28. The highest BCUT2D eigenvalue weighted by Crippen LogP contribution is 2.23. The summed E-state index contributed by atoms with van der Waals surface area (Å²) in [6.45, 7) is 3.48. The maximum Gasteiger partial charge on any atom is 0.249 e. The highest BCUT2D eigenvalue weighted by atomic mass is 16.7. The molecule has 0 aliphatic carbocycles. The number of carbonyl (C=O) groups excluding carboxylic acids is 1. The number of nitrogens with one attached hydrogen (secondary N) is 1. The third-order valence-corrected chi connectivity index (χ3v) is 13.4. The van der Waals surface area contributed by atoms with Crippen molar-refractivity contribution in [1.82, 2.24) is 5.32 Å². The van der Waals surface area contributed by atoms with Gasteiger partial charge >= 0.3 is 0 Å². The lowest BCUT2D eigenvalue weighted by molar-refractivity contribution is -0.303. The number of carbonyl (C=O) groups is 1. The van der Waals surface area contributed by atoms with Crippen molar-refractivity contribution in [3.63, 3.8) is 0 Å². The van der Waals surface area contributed by atoms with Crippen molar-refractivity contribution < 1.29 is 50.0 Å². The Morgan fingerprint density at radius 3 is 1.17 bits per heavy atom. The fourth-order valence-electron chi connectivity index (χ4n) is 8.97. The monoisotopic (exact) mass is 902 g/mol. The molecule has 0 aromatic carbocycles. The molecule has 0 aromatic heterocycles. The molecule has 1 aliphatic heterocycles. The second kappa shape index (κ2) is 42.5. The van der Waals surface area contributed by atoms with E-state index in [0.717, 1.165) is 38.5 Å². The van der Waals surface area contributed by atoms with Crippen molar-refractivity contribution in [2.75, 3.05) is 13.2 Å². The maximum absolute atomic E-state index is 13.1.